The lowest BCUT2D eigenvalue weighted by Gasteiger charge is -2.17. The summed E-state index contributed by atoms with van der Waals surface area (Å²) in [6.45, 7) is 1.83. The summed E-state index contributed by atoms with van der Waals surface area (Å²) in [6, 6.07) is 14.2. The summed E-state index contributed by atoms with van der Waals surface area (Å²) in [6.07, 6.45) is 2.67. The van der Waals surface area contributed by atoms with Crippen LogP contribution in [0.5, 0.6) is 0 Å². The maximum Gasteiger partial charge on any atom is 0.306 e. The second-order valence-corrected chi connectivity index (χ2v) is 7.86. The van der Waals surface area contributed by atoms with Crippen LogP contribution in [-0.2, 0) is 14.3 Å². The molecular formula is C24H25N3O5. The van der Waals surface area contributed by atoms with Gasteiger partial charge in [-0.2, -0.15) is 0 Å². The van der Waals surface area contributed by atoms with E-state index in [0.29, 0.717) is 16.8 Å². The minimum Gasteiger partial charge on any atom is -0.456 e. The summed E-state index contributed by atoms with van der Waals surface area (Å²) < 4.78 is 5.01. The first-order chi connectivity index (χ1) is 15.5. The van der Waals surface area contributed by atoms with Crippen molar-refractivity contribution < 1.29 is 23.9 Å². The lowest BCUT2D eigenvalue weighted by atomic mass is 10.1. The van der Waals surface area contributed by atoms with Crippen molar-refractivity contribution in [2.45, 2.75) is 25.7 Å². The molecule has 0 spiro atoms. The Morgan fingerprint density at radius 2 is 1.53 bits per heavy atom. The average molecular weight is 435 g/mol. The number of imide groups is 1. The molecule has 8 nitrogen and oxygen atoms in total. The molecule has 3 amide bonds. The molecular weight excluding hydrogens is 410 g/mol. The van der Waals surface area contributed by atoms with E-state index in [1.807, 2.05) is 24.3 Å². The molecule has 166 valence electrons. The number of fused-ring (bicyclic) bond motifs is 1. The minimum absolute atomic E-state index is 0.00518. The van der Waals surface area contributed by atoms with Gasteiger partial charge in [-0.25, -0.2) is 0 Å². The molecule has 1 N–H and O–H groups in total. The smallest absolute Gasteiger partial charge is 0.306 e. The maximum atomic E-state index is 12.3. The van der Waals surface area contributed by atoms with Gasteiger partial charge in [0.05, 0.1) is 11.1 Å². The van der Waals surface area contributed by atoms with Crippen molar-refractivity contribution >= 4 is 35.1 Å². The van der Waals surface area contributed by atoms with Crippen LogP contribution >= 0.6 is 0 Å². The second kappa shape index (κ2) is 9.64. The van der Waals surface area contributed by atoms with E-state index < -0.39 is 11.9 Å². The van der Waals surface area contributed by atoms with Crippen LogP contribution in [0.15, 0.2) is 48.5 Å². The van der Waals surface area contributed by atoms with Gasteiger partial charge in [-0.15, -0.1) is 0 Å². The van der Waals surface area contributed by atoms with Crippen molar-refractivity contribution in [2.75, 3.05) is 36.5 Å². The van der Waals surface area contributed by atoms with Gasteiger partial charge in [0.2, 0.25) is 0 Å². The normalized spacial score (nSPS) is 15.1. The van der Waals surface area contributed by atoms with Crippen LogP contribution in [0.25, 0.3) is 0 Å². The van der Waals surface area contributed by atoms with Gasteiger partial charge in [0.1, 0.15) is 0 Å². The Kier molecular flexibility index (Phi) is 6.49. The van der Waals surface area contributed by atoms with Crippen LogP contribution < -0.4 is 10.2 Å². The number of carbonyl (C=O) groups excluding carboxylic acids is 4. The first-order valence-corrected chi connectivity index (χ1v) is 10.8. The highest BCUT2D eigenvalue weighted by Gasteiger charge is 2.34. The third-order valence-electron chi connectivity index (χ3n) is 5.63. The number of amides is 3. The van der Waals surface area contributed by atoms with E-state index in [-0.39, 0.29) is 37.8 Å². The summed E-state index contributed by atoms with van der Waals surface area (Å²) in [5.41, 5.74) is 2.53. The van der Waals surface area contributed by atoms with Crippen molar-refractivity contribution in [1.29, 1.82) is 0 Å². The second-order valence-electron chi connectivity index (χ2n) is 7.86. The largest absolute Gasteiger partial charge is 0.456 e. The fourth-order valence-corrected chi connectivity index (χ4v) is 3.97. The van der Waals surface area contributed by atoms with E-state index in [0.717, 1.165) is 23.7 Å². The Morgan fingerprint density at radius 3 is 2.16 bits per heavy atom. The van der Waals surface area contributed by atoms with Gasteiger partial charge in [0, 0.05) is 37.4 Å². The highest BCUT2D eigenvalue weighted by Crippen LogP contribution is 2.23. The number of nitrogens with zero attached hydrogens (tertiary/aromatic N) is 2. The number of anilines is 2. The topological polar surface area (TPSA) is 96.0 Å². The molecule has 2 heterocycles. The number of benzene rings is 2. The number of carbonyl (C=O) groups is 4. The van der Waals surface area contributed by atoms with Crippen LogP contribution in [0.1, 0.15) is 46.4 Å². The molecule has 0 unspecified atom stereocenters. The maximum absolute atomic E-state index is 12.3. The van der Waals surface area contributed by atoms with Gasteiger partial charge in [-0.05, 0) is 55.7 Å². The van der Waals surface area contributed by atoms with E-state index in [9.17, 15) is 19.2 Å². The van der Waals surface area contributed by atoms with Crippen molar-refractivity contribution in [2.24, 2.45) is 0 Å². The van der Waals surface area contributed by atoms with Gasteiger partial charge in [-0.1, -0.05) is 12.1 Å². The van der Waals surface area contributed by atoms with Crippen LogP contribution in [0.4, 0.5) is 11.4 Å². The van der Waals surface area contributed by atoms with Crippen molar-refractivity contribution in [3.05, 3.63) is 59.7 Å². The Hall–Kier alpha value is -3.68. The first kappa shape index (κ1) is 21.5. The molecule has 2 aliphatic rings. The molecule has 0 aromatic heterocycles. The summed E-state index contributed by atoms with van der Waals surface area (Å²) in [7, 11) is 0. The zero-order valence-corrected chi connectivity index (χ0v) is 17.7. The number of hydrogen-bond donors (Lipinski definition) is 1. The monoisotopic (exact) mass is 435 g/mol. The molecule has 0 bridgehead atoms. The van der Waals surface area contributed by atoms with E-state index in [1.165, 1.54) is 12.8 Å². The summed E-state index contributed by atoms with van der Waals surface area (Å²) in [4.78, 5) is 52.0. The van der Waals surface area contributed by atoms with Crippen LogP contribution in [-0.4, -0.2) is 54.8 Å². The fourth-order valence-electron chi connectivity index (χ4n) is 3.97. The van der Waals surface area contributed by atoms with Crippen molar-refractivity contribution in [3.63, 3.8) is 0 Å². The van der Waals surface area contributed by atoms with Gasteiger partial charge in [0.25, 0.3) is 17.7 Å². The third kappa shape index (κ3) is 4.80. The molecule has 0 saturated carbocycles. The fraction of sp³-hybridized carbons (Fsp3) is 0.333. The van der Waals surface area contributed by atoms with Crippen LogP contribution in [0.3, 0.4) is 0 Å². The van der Waals surface area contributed by atoms with Crippen molar-refractivity contribution in [3.8, 4) is 0 Å². The first-order valence-electron chi connectivity index (χ1n) is 10.8. The number of rotatable bonds is 8. The van der Waals surface area contributed by atoms with E-state index in [1.54, 1.807) is 24.3 Å². The predicted molar refractivity (Wildman–Crippen MR) is 119 cm³/mol. The predicted octanol–water partition coefficient (Wildman–Crippen LogP) is 2.84. The van der Waals surface area contributed by atoms with Crippen molar-refractivity contribution in [1.82, 2.24) is 4.90 Å². The van der Waals surface area contributed by atoms with Gasteiger partial charge in [0.15, 0.2) is 6.61 Å². The Balaban J connectivity index is 1.16. The number of esters is 1. The zero-order valence-electron chi connectivity index (χ0n) is 17.7. The SMILES string of the molecule is O=C(COC(=O)CCCN1C(=O)c2ccccc2C1=O)Nc1ccc(N2CCCC2)cc1. The van der Waals surface area contributed by atoms with Gasteiger partial charge in [-0.3, -0.25) is 24.1 Å². The standard InChI is InChI=1S/C24H25N3O5/c28-21(25-17-9-11-18(12-10-17)26-13-3-4-14-26)16-32-22(29)8-5-15-27-23(30)19-6-1-2-7-20(19)24(27)31/h1-2,6-7,9-12H,3-5,8,13-16H2,(H,25,28). The Bertz CT molecular complexity index is 993. The molecule has 32 heavy (non-hydrogen) atoms. The third-order valence-corrected chi connectivity index (χ3v) is 5.63. The van der Waals surface area contributed by atoms with E-state index in [4.69, 9.17) is 4.74 Å². The lowest BCUT2D eigenvalue weighted by Crippen LogP contribution is -2.31. The average Bonchev–Trinajstić information content (AvgIpc) is 3.42. The molecule has 1 fully saturated rings. The number of ether oxygens (including phenoxy) is 1. The van der Waals surface area contributed by atoms with Crippen LogP contribution in [0.2, 0.25) is 0 Å². The summed E-state index contributed by atoms with van der Waals surface area (Å²) >= 11 is 0. The Labute approximate surface area is 186 Å². The van der Waals surface area contributed by atoms with Gasteiger partial charge < -0.3 is 15.0 Å². The minimum atomic E-state index is -0.554. The summed E-state index contributed by atoms with van der Waals surface area (Å²) in [5, 5.41) is 2.71. The number of hydrogen-bond acceptors (Lipinski definition) is 6. The zero-order chi connectivity index (χ0) is 22.5. The highest BCUT2D eigenvalue weighted by molar-refractivity contribution is 6.21. The van der Waals surface area contributed by atoms with Crippen LogP contribution in [0, 0.1) is 0 Å². The van der Waals surface area contributed by atoms with E-state index in [2.05, 4.69) is 10.2 Å². The quantitative estimate of drug-likeness (QED) is 0.506. The summed E-state index contributed by atoms with van der Waals surface area (Å²) in [5.74, 6) is -1.68. The molecule has 2 aliphatic heterocycles. The molecule has 2 aromatic rings. The number of nitrogens with one attached hydrogen (secondary N) is 1. The molecule has 4 rings (SSSR count). The molecule has 0 atom stereocenters. The van der Waals surface area contributed by atoms with Gasteiger partial charge >= 0.3 is 5.97 Å². The highest BCUT2D eigenvalue weighted by atomic mass is 16.5. The molecule has 8 heteroatoms. The molecule has 2 aromatic carbocycles. The molecule has 0 radical (unpaired) electrons. The Morgan fingerprint density at radius 1 is 0.906 bits per heavy atom. The molecule has 1 saturated heterocycles. The van der Waals surface area contributed by atoms with E-state index >= 15 is 0 Å². The lowest BCUT2D eigenvalue weighted by molar-refractivity contribution is -0.147. The molecule has 0 aliphatic carbocycles.